The van der Waals surface area contributed by atoms with E-state index >= 15 is 0 Å². The minimum absolute atomic E-state index is 0.000822. The molecule has 2 heterocycles. The second-order valence-corrected chi connectivity index (χ2v) is 8.24. The average Bonchev–Trinajstić information content (AvgIpc) is 2.71. The van der Waals surface area contributed by atoms with Crippen LogP contribution in [0.5, 0.6) is 5.75 Å². The summed E-state index contributed by atoms with van der Waals surface area (Å²) in [5.41, 5.74) is 4.98. The number of phenolic OH excluding ortho intramolecular Hbond substituents is 1. The number of benzene rings is 1. The smallest absolute Gasteiger partial charge is 0.124 e. The van der Waals surface area contributed by atoms with Gasteiger partial charge in [-0.15, -0.1) is 0 Å². The molecule has 0 aliphatic carbocycles. The third kappa shape index (κ3) is 6.11. The maximum Gasteiger partial charge on any atom is 0.124 e. The zero-order valence-corrected chi connectivity index (χ0v) is 17.4. The number of pyridine rings is 2. The number of hydrogen-bond donors (Lipinski definition) is 3. The topological polar surface area (TPSA) is 70.1 Å². The molecule has 3 aromatic rings. The Morgan fingerprint density at radius 3 is 1.62 bits per heavy atom. The number of rotatable bonds is 8. The number of nitrogens with zero attached hydrogens (tertiary/aromatic N) is 2. The molecule has 0 fully saturated rings. The molecular formula is C24H30N4O. The first-order valence-electron chi connectivity index (χ1n) is 10.00. The molecule has 0 aliphatic rings. The fourth-order valence-corrected chi connectivity index (χ4v) is 3.12. The molecule has 0 atom stereocenters. The van der Waals surface area contributed by atoms with E-state index in [9.17, 15) is 5.11 Å². The molecule has 3 N–H and O–H groups in total. The summed E-state index contributed by atoms with van der Waals surface area (Å²) < 4.78 is 0. The van der Waals surface area contributed by atoms with Gasteiger partial charge in [0.05, 0.1) is 11.4 Å². The first-order valence-corrected chi connectivity index (χ1v) is 10.00. The average molecular weight is 391 g/mol. The molecule has 1 aromatic carbocycles. The number of hydrogen-bond acceptors (Lipinski definition) is 5. The standard InChI is InChI=1S/C24H30N4O/c1-24(2,3)20-12-18(14-25-16-21-8-4-6-10-27-21)23(29)19(13-20)15-26-17-22-9-5-7-11-28-22/h4-13,25-26,29H,14-17H2,1-3H3. The van der Waals surface area contributed by atoms with E-state index in [4.69, 9.17) is 0 Å². The van der Waals surface area contributed by atoms with Gasteiger partial charge in [0.1, 0.15) is 5.75 Å². The quantitative estimate of drug-likeness (QED) is 0.541. The molecule has 0 bridgehead atoms. The summed E-state index contributed by atoms with van der Waals surface area (Å²) in [6.45, 7) is 9.06. The molecule has 0 amide bonds. The van der Waals surface area contributed by atoms with Crippen molar-refractivity contribution in [1.29, 1.82) is 0 Å². The van der Waals surface area contributed by atoms with Crippen LogP contribution in [0.4, 0.5) is 0 Å². The number of aromatic hydroxyl groups is 1. The second-order valence-electron chi connectivity index (χ2n) is 8.24. The van der Waals surface area contributed by atoms with Gasteiger partial charge >= 0.3 is 0 Å². The summed E-state index contributed by atoms with van der Waals surface area (Å²) in [4.78, 5) is 8.67. The van der Waals surface area contributed by atoms with E-state index in [0.717, 1.165) is 22.5 Å². The highest BCUT2D eigenvalue weighted by Gasteiger charge is 2.18. The highest BCUT2D eigenvalue weighted by molar-refractivity contribution is 5.45. The van der Waals surface area contributed by atoms with Gasteiger partial charge in [-0.25, -0.2) is 0 Å². The zero-order valence-electron chi connectivity index (χ0n) is 17.4. The lowest BCUT2D eigenvalue weighted by Crippen LogP contribution is -2.19. The van der Waals surface area contributed by atoms with Gasteiger partial charge in [-0.3, -0.25) is 9.97 Å². The van der Waals surface area contributed by atoms with Crippen LogP contribution in [0.2, 0.25) is 0 Å². The molecule has 29 heavy (non-hydrogen) atoms. The number of nitrogens with one attached hydrogen (secondary N) is 2. The van der Waals surface area contributed by atoms with E-state index in [0.29, 0.717) is 31.9 Å². The molecule has 0 saturated heterocycles. The maximum atomic E-state index is 10.9. The van der Waals surface area contributed by atoms with Gasteiger partial charge in [-0.05, 0) is 35.2 Å². The normalized spacial score (nSPS) is 11.6. The predicted octanol–water partition coefficient (Wildman–Crippen LogP) is 4.06. The third-order valence-electron chi connectivity index (χ3n) is 4.83. The Labute approximate surface area is 173 Å². The first-order chi connectivity index (χ1) is 13.9. The fourth-order valence-electron chi connectivity index (χ4n) is 3.12. The monoisotopic (exact) mass is 390 g/mol. The Bertz CT molecular complexity index is 839. The van der Waals surface area contributed by atoms with Crippen LogP contribution in [-0.2, 0) is 31.6 Å². The fraction of sp³-hybridized carbons (Fsp3) is 0.333. The van der Waals surface area contributed by atoms with Crippen LogP contribution in [0, 0.1) is 0 Å². The third-order valence-corrected chi connectivity index (χ3v) is 4.83. The highest BCUT2D eigenvalue weighted by Crippen LogP contribution is 2.31. The molecule has 5 heteroatoms. The van der Waals surface area contributed by atoms with E-state index in [1.807, 2.05) is 36.4 Å². The second kappa shape index (κ2) is 9.63. The zero-order chi connectivity index (χ0) is 20.7. The van der Waals surface area contributed by atoms with Crippen molar-refractivity contribution in [2.75, 3.05) is 0 Å². The van der Waals surface area contributed by atoms with E-state index < -0.39 is 0 Å². The Balaban J connectivity index is 1.71. The van der Waals surface area contributed by atoms with Gasteiger partial charge in [0, 0.05) is 49.7 Å². The van der Waals surface area contributed by atoms with E-state index in [2.05, 4.69) is 53.5 Å². The van der Waals surface area contributed by atoms with Crippen molar-refractivity contribution >= 4 is 0 Å². The summed E-state index contributed by atoms with van der Waals surface area (Å²) in [7, 11) is 0. The molecule has 0 aliphatic heterocycles. The molecule has 5 nitrogen and oxygen atoms in total. The van der Waals surface area contributed by atoms with Crippen LogP contribution in [-0.4, -0.2) is 15.1 Å². The van der Waals surface area contributed by atoms with Crippen molar-refractivity contribution in [3.8, 4) is 5.75 Å². The summed E-state index contributed by atoms with van der Waals surface area (Å²) in [5, 5.41) is 17.6. The van der Waals surface area contributed by atoms with Crippen LogP contribution in [0.15, 0.2) is 60.9 Å². The van der Waals surface area contributed by atoms with E-state index in [-0.39, 0.29) is 5.41 Å². The Morgan fingerprint density at radius 1 is 0.759 bits per heavy atom. The van der Waals surface area contributed by atoms with Gasteiger partial charge in [0.25, 0.3) is 0 Å². The first kappa shape index (κ1) is 21.0. The van der Waals surface area contributed by atoms with Crippen molar-refractivity contribution in [2.45, 2.75) is 52.4 Å². The van der Waals surface area contributed by atoms with Gasteiger partial charge < -0.3 is 15.7 Å². The van der Waals surface area contributed by atoms with Gasteiger partial charge in [-0.1, -0.05) is 45.0 Å². The van der Waals surface area contributed by atoms with Crippen LogP contribution in [0.1, 0.15) is 48.8 Å². The Kier molecular flexibility index (Phi) is 6.96. The lowest BCUT2D eigenvalue weighted by atomic mass is 9.84. The van der Waals surface area contributed by atoms with Gasteiger partial charge in [0.2, 0.25) is 0 Å². The summed E-state index contributed by atoms with van der Waals surface area (Å²) >= 11 is 0. The molecule has 2 aromatic heterocycles. The number of aromatic nitrogens is 2. The van der Waals surface area contributed by atoms with Crippen LogP contribution in [0.25, 0.3) is 0 Å². The molecule has 0 radical (unpaired) electrons. The van der Waals surface area contributed by atoms with Gasteiger partial charge in [-0.2, -0.15) is 0 Å². The molecule has 0 saturated carbocycles. The Hall–Kier alpha value is -2.76. The van der Waals surface area contributed by atoms with Crippen LogP contribution in [0.3, 0.4) is 0 Å². The lowest BCUT2D eigenvalue weighted by molar-refractivity contribution is 0.451. The summed E-state index contributed by atoms with van der Waals surface area (Å²) in [5.74, 6) is 0.347. The largest absolute Gasteiger partial charge is 0.507 e. The van der Waals surface area contributed by atoms with Crippen molar-refractivity contribution in [2.24, 2.45) is 0 Å². The maximum absolute atomic E-state index is 10.9. The van der Waals surface area contributed by atoms with Gasteiger partial charge in [0.15, 0.2) is 0 Å². The van der Waals surface area contributed by atoms with Crippen LogP contribution >= 0.6 is 0 Å². The van der Waals surface area contributed by atoms with Crippen molar-refractivity contribution in [3.63, 3.8) is 0 Å². The van der Waals surface area contributed by atoms with E-state index in [1.165, 1.54) is 5.56 Å². The molecule has 0 spiro atoms. The number of phenols is 1. The molecule has 152 valence electrons. The summed E-state index contributed by atoms with van der Waals surface area (Å²) in [6, 6.07) is 16.0. The predicted molar refractivity (Wildman–Crippen MR) is 116 cm³/mol. The molecular weight excluding hydrogens is 360 g/mol. The molecule has 3 rings (SSSR count). The van der Waals surface area contributed by atoms with Crippen LogP contribution < -0.4 is 10.6 Å². The Morgan fingerprint density at radius 2 is 1.24 bits per heavy atom. The minimum atomic E-state index is -0.000822. The van der Waals surface area contributed by atoms with Crippen molar-refractivity contribution in [3.05, 3.63) is 89.0 Å². The van der Waals surface area contributed by atoms with Crippen molar-refractivity contribution in [1.82, 2.24) is 20.6 Å². The molecule has 0 unspecified atom stereocenters. The van der Waals surface area contributed by atoms with E-state index in [1.54, 1.807) is 12.4 Å². The lowest BCUT2D eigenvalue weighted by Gasteiger charge is -2.23. The van der Waals surface area contributed by atoms with Crippen molar-refractivity contribution < 1.29 is 5.11 Å². The highest BCUT2D eigenvalue weighted by atomic mass is 16.3. The summed E-state index contributed by atoms with van der Waals surface area (Å²) in [6.07, 6.45) is 3.58. The SMILES string of the molecule is CC(C)(C)c1cc(CNCc2ccccn2)c(O)c(CNCc2ccccn2)c1. The minimum Gasteiger partial charge on any atom is -0.507 e.